The lowest BCUT2D eigenvalue weighted by molar-refractivity contribution is -0.165. The maximum Gasteiger partial charge on any atom is 0.311 e. The van der Waals surface area contributed by atoms with Gasteiger partial charge in [0.05, 0.1) is 10.8 Å². The molecule has 130 valence electrons. The fourth-order valence-electron chi connectivity index (χ4n) is 1.79. The largest absolute Gasteiger partial charge is 0.462 e. The summed E-state index contributed by atoms with van der Waals surface area (Å²) >= 11 is 0. The first kappa shape index (κ1) is 20.9. The van der Waals surface area contributed by atoms with Crippen molar-refractivity contribution in [2.24, 2.45) is 10.8 Å². The maximum absolute atomic E-state index is 12.1. The predicted octanol–water partition coefficient (Wildman–Crippen LogP) is 4.50. The van der Waals surface area contributed by atoms with Gasteiger partial charge in [0.1, 0.15) is 12.2 Å². The minimum Gasteiger partial charge on any atom is -0.462 e. The second-order valence-electron chi connectivity index (χ2n) is 7.99. The number of carbonyl (C=O) groups excluding carboxylic acids is 2. The summed E-state index contributed by atoms with van der Waals surface area (Å²) < 4.78 is 11.2. The number of ether oxygens (including phenoxy) is 2. The zero-order valence-corrected chi connectivity index (χ0v) is 15.6. The number of hydrogen-bond donors (Lipinski definition) is 0. The van der Waals surface area contributed by atoms with E-state index >= 15 is 0 Å². The first-order chi connectivity index (χ1) is 9.91. The lowest BCUT2D eigenvalue weighted by atomic mass is 9.96. The second-order valence-corrected chi connectivity index (χ2v) is 7.99. The second kappa shape index (κ2) is 8.54. The molecule has 0 fully saturated rings. The van der Waals surface area contributed by atoms with Crippen molar-refractivity contribution in [2.75, 3.05) is 0 Å². The lowest BCUT2D eigenvalue weighted by Gasteiger charge is -2.28. The zero-order valence-electron chi connectivity index (χ0n) is 15.6. The smallest absolute Gasteiger partial charge is 0.311 e. The lowest BCUT2D eigenvalue weighted by Crippen LogP contribution is -2.33. The molecular formula is C18H34O4. The Bertz CT molecular complexity index is 360. The van der Waals surface area contributed by atoms with Crippen LogP contribution in [0.15, 0.2) is 0 Å². The topological polar surface area (TPSA) is 52.6 Å². The molecule has 0 heterocycles. The van der Waals surface area contributed by atoms with Gasteiger partial charge in [-0.05, 0) is 54.4 Å². The Balaban J connectivity index is 4.76. The van der Waals surface area contributed by atoms with Gasteiger partial charge in [0, 0.05) is 6.42 Å². The Hall–Kier alpha value is -1.06. The average Bonchev–Trinajstić information content (AvgIpc) is 2.35. The van der Waals surface area contributed by atoms with Gasteiger partial charge < -0.3 is 9.47 Å². The third-order valence-electron chi connectivity index (χ3n) is 3.36. The highest BCUT2D eigenvalue weighted by atomic mass is 16.6. The molecule has 0 spiro atoms. The molecule has 0 aliphatic rings. The van der Waals surface area contributed by atoms with E-state index in [0.29, 0.717) is 6.42 Å². The summed E-state index contributed by atoms with van der Waals surface area (Å²) in [5.41, 5.74) is -1.04. The molecule has 22 heavy (non-hydrogen) atoms. The van der Waals surface area contributed by atoms with E-state index in [9.17, 15) is 9.59 Å². The van der Waals surface area contributed by atoms with E-state index in [2.05, 4.69) is 6.92 Å². The summed E-state index contributed by atoms with van der Waals surface area (Å²) in [6.07, 6.45) is 2.57. The average molecular weight is 314 g/mol. The minimum atomic E-state index is -0.518. The van der Waals surface area contributed by atoms with Crippen LogP contribution in [0.2, 0.25) is 0 Å². The summed E-state index contributed by atoms with van der Waals surface area (Å²) in [5, 5.41) is 0. The van der Waals surface area contributed by atoms with E-state index in [1.54, 1.807) is 0 Å². The molecule has 0 amide bonds. The monoisotopic (exact) mass is 314 g/mol. The molecule has 0 aliphatic heterocycles. The molecule has 0 aromatic rings. The van der Waals surface area contributed by atoms with Gasteiger partial charge in [0.2, 0.25) is 0 Å². The van der Waals surface area contributed by atoms with Crippen LogP contribution in [0.4, 0.5) is 0 Å². The van der Waals surface area contributed by atoms with Crippen LogP contribution in [0.25, 0.3) is 0 Å². The van der Waals surface area contributed by atoms with Crippen molar-refractivity contribution in [3.63, 3.8) is 0 Å². The standard InChI is InChI=1S/C18H34O4/c1-9-11-14(22-16(20)18(6,7)8)12-13(10-2)21-15(19)17(3,4)5/h13-14H,9-12H2,1-8H3. The predicted molar refractivity (Wildman–Crippen MR) is 88.5 cm³/mol. The van der Waals surface area contributed by atoms with Gasteiger partial charge in [-0.15, -0.1) is 0 Å². The highest BCUT2D eigenvalue weighted by Gasteiger charge is 2.30. The van der Waals surface area contributed by atoms with Gasteiger partial charge in [-0.25, -0.2) is 0 Å². The Morgan fingerprint density at radius 2 is 1.23 bits per heavy atom. The molecule has 0 bridgehead atoms. The van der Waals surface area contributed by atoms with E-state index in [4.69, 9.17) is 9.47 Å². The van der Waals surface area contributed by atoms with Crippen LogP contribution in [0.3, 0.4) is 0 Å². The minimum absolute atomic E-state index is 0.200. The Morgan fingerprint density at radius 1 is 0.818 bits per heavy atom. The number of rotatable bonds is 7. The maximum atomic E-state index is 12.1. The number of hydrogen-bond acceptors (Lipinski definition) is 4. The molecule has 0 saturated carbocycles. The Morgan fingerprint density at radius 3 is 1.55 bits per heavy atom. The van der Waals surface area contributed by atoms with Crippen LogP contribution in [-0.4, -0.2) is 24.1 Å². The summed E-state index contributed by atoms with van der Waals surface area (Å²) in [6.45, 7) is 15.1. The van der Waals surface area contributed by atoms with Crippen LogP contribution >= 0.6 is 0 Å². The summed E-state index contributed by atoms with van der Waals surface area (Å²) in [6, 6.07) is 0. The number of carbonyl (C=O) groups is 2. The molecular weight excluding hydrogens is 280 g/mol. The fourth-order valence-corrected chi connectivity index (χ4v) is 1.79. The normalized spacial score (nSPS) is 15.1. The third-order valence-corrected chi connectivity index (χ3v) is 3.36. The highest BCUT2D eigenvalue weighted by molar-refractivity contribution is 5.76. The van der Waals surface area contributed by atoms with Crippen molar-refractivity contribution in [3.8, 4) is 0 Å². The molecule has 4 nitrogen and oxygen atoms in total. The van der Waals surface area contributed by atoms with Gasteiger partial charge in [0.25, 0.3) is 0 Å². The van der Waals surface area contributed by atoms with Gasteiger partial charge in [0.15, 0.2) is 0 Å². The van der Waals surface area contributed by atoms with Crippen molar-refractivity contribution >= 4 is 11.9 Å². The first-order valence-electron chi connectivity index (χ1n) is 8.34. The van der Waals surface area contributed by atoms with Crippen molar-refractivity contribution in [1.82, 2.24) is 0 Å². The highest BCUT2D eigenvalue weighted by Crippen LogP contribution is 2.23. The molecule has 0 radical (unpaired) electrons. The van der Waals surface area contributed by atoms with Crippen molar-refractivity contribution < 1.29 is 19.1 Å². The van der Waals surface area contributed by atoms with Crippen LogP contribution < -0.4 is 0 Å². The van der Waals surface area contributed by atoms with Gasteiger partial charge in [-0.2, -0.15) is 0 Å². The van der Waals surface area contributed by atoms with E-state index in [1.165, 1.54) is 0 Å². The van der Waals surface area contributed by atoms with Crippen LogP contribution in [-0.2, 0) is 19.1 Å². The van der Waals surface area contributed by atoms with Crippen LogP contribution in [0.5, 0.6) is 0 Å². The molecule has 0 aromatic heterocycles. The molecule has 0 aromatic carbocycles. The van der Waals surface area contributed by atoms with E-state index in [-0.39, 0.29) is 24.1 Å². The van der Waals surface area contributed by atoms with E-state index < -0.39 is 10.8 Å². The number of esters is 2. The van der Waals surface area contributed by atoms with Crippen molar-refractivity contribution in [1.29, 1.82) is 0 Å². The first-order valence-corrected chi connectivity index (χ1v) is 8.34. The van der Waals surface area contributed by atoms with Gasteiger partial charge in [-0.1, -0.05) is 20.3 Å². The molecule has 0 rings (SSSR count). The van der Waals surface area contributed by atoms with Crippen molar-refractivity contribution in [2.45, 2.75) is 93.3 Å². The van der Waals surface area contributed by atoms with Crippen LogP contribution in [0.1, 0.15) is 81.1 Å². The molecule has 2 unspecified atom stereocenters. The quantitative estimate of drug-likeness (QED) is 0.649. The Labute approximate surface area is 135 Å². The van der Waals surface area contributed by atoms with Gasteiger partial charge in [-0.3, -0.25) is 9.59 Å². The zero-order chi connectivity index (χ0) is 17.6. The summed E-state index contributed by atoms with van der Waals surface area (Å²) in [7, 11) is 0. The summed E-state index contributed by atoms with van der Waals surface area (Å²) in [5.74, 6) is -0.417. The van der Waals surface area contributed by atoms with Gasteiger partial charge >= 0.3 is 11.9 Å². The fraction of sp³-hybridized carbons (Fsp3) is 0.889. The van der Waals surface area contributed by atoms with Crippen LogP contribution in [0, 0.1) is 10.8 Å². The Kier molecular flexibility index (Phi) is 8.13. The third kappa shape index (κ3) is 7.81. The molecule has 2 atom stereocenters. The summed E-state index contributed by atoms with van der Waals surface area (Å²) in [4.78, 5) is 24.1. The van der Waals surface area contributed by atoms with E-state index in [1.807, 2.05) is 48.5 Å². The molecule has 0 aliphatic carbocycles. The SMILES string of the molecule is CCCC(CC(CC)OC(=O)C(C)(C)C)OC(=O)C(C)(C)C. The van der Waals surface area contributed by atoms with E-state index in [0.717, 1.165) is 19.3 Å². The molecule has 0 N–H and O–H groups in total. The molecule has 4 heteroatoms. The van der Waals surface area contributed by atoms with Crippen molar-refractivity contribution in [3.05, 3.63) is 0 Å². The molecule has 0 saturated heterocycles.